The van der Waals surface area contributed by atoms with Gasteiger partial charge in [0.05, 0.1) is 4.88 Å². The molecule has 4 saturated carbocycles. The van der Waals surface area contributed by atoms with Gasteiger partial charge < -0.3 is 0 Å². The molecule has 5 rings (SSSR count). The first-order valence-electron chi connectivity index (χ1n) is 7.42. The van der Waals surface area contributed by atoms with Crippen LogP contribution in [0, 0.1) is 36.5 Å². The summed E-state index contributed by atoms with van der Waals surface area (Å²) in [5.41, 5.74) is 0. The van der Waals surface area contributed by atoms with E-state index in [9.17, 15) is 4.79 Å². The standard InChI is InChI=1S/C16H19BrOS/c1-8-13(17)7-14(19-8)16(18)15-11-3-9-2-10(5-11)6-12(15)4-9/h7,9-12,15H,2-6H2,1H3. The third kappa shape index (κ3) is 1.96. The maximum absolute atomic E-state index is 12.9. The molecule has 4 bridgehead atoms. The van der Waals surface area contributed by atoms with Crippen LogP contribution >= 0.6 is 27.3 Å². The summed E-state index contributed by atoms with van der Waals surface area (Å²) in [7, 11) is 0. The number of halogens is 1. The van der Waals surface area contributed by atoms with E-state index < -0.39 is 0 Å². The van der Waals surface area contributed by atoms with Gasteiger partial charge >= 0.3 is 0 Å². The third-order valence-electron chi connectivity index (χ3n) is 5.63. The molecule has 0 aliphatic heterocycles. The van der Waals surface area contributed by atoms with Gasteiger partial charge in [-0.05, 0) is 84.7 Å². The number of carbonyl (C=O) groups excluding carboxylic acids is 1. The number of hydrogen-bond acceptors (Lipinski definition) is 2. The second kappa shape index (κ2) is 4.42. The van der Waals surface area contributed by atoms with Gasteiger partial charge in [-0.3, -0.25) is 4.79 Å². The lowest BCUT2D eigenvalue weighted by Gasteiger charge is -2.53. The van der Waals surface area contributed by atoms with E-state index in [-0.39, 0.29) is 0 Å². The number of rotatable bonds is 2. The second-order valence-corrected chi connectivity index (χ2v) is 8.95. The normalized spacial score (nSPS) is 39.8. The molecule has 0 amide bonds. The summed E-state index contributed by atoms with van der Waals surface area (Å²) in [6.45, 7) is 2.09. The Hall–Kier alpha value is -0.150. The van der Waals surface area contributed by atoms with Crippen molar-refractivity contribution in [2.75, 3.05) is 0 Å². The molecule has 102 valence electrons. The van der Waals surface area contributed by atoms with Gasteiger partial charge in [0, 0.05) is 15.3 Å². The van der Waals surface area contributed by atoms with Crippen molar-refractivity contribution in [2.24, 2.45) is 29.6 Å². The zero-order valence-corrected chi connectivity index (χ0v) is 13.6. The largest absolute Gasteiger partial charge is 0.293 e. The minimum absolute atomic E-state index is 0.345. The first-order valence-corrected chi connectivity index (χ1v) is 9.03. The highest BCUT2D eigenvalue weighted by molar-refractivity contribution is 9.10. The molecule has 0 aromatic carbocycles. The molecule has 19 heavy (non-hydrogen) atoms. The van der Waals surface area contributed by atoms with Gasteiger partial charge in [0.25, 0.3) is 0 Å². The van der Waals surface area contributed by atoms with Gasteiger partial charge in [-0.1, -0.05) is 0 Å². The summed E-state index contributed by atoms with van der Waals surface area (Å²) in [6, 6.07) is 2.05. The van der Waals surface area contributed by atoms with Gasteiger partial charge in [-0.25, -0.2) is 0 Å². The summed E-state index contributed by atoms with van der Waals surface area (Å²) >= 11 is 5.21. The molecule has 4 aliphatic carbocycles. The topological polar surface area (TPSA) is 17.1 Å². The zero-order valence-electron chi connectivity index (χ0n) is 11.2. The molecule has 1 heterocycles. The smallest absolute Gasteiger partial charge is 0.176 e. The molecule has 1 nitrogen and oxygen atoms in total. The highest BCUT2D eigenvalue weighted by Crippen LogP contribution is 2.57. The van der Waals surface area contributed by atoms with Crippen molar-refractivity contribution >= 4 is 33.0 Å². The van der Waals surface area contributed by atoms with E-state index in [0.717, 1.165) is 21.2 Å². The Morgan fingerprint density at radius 2 is 1.74 bits per heavy atom. The Kier molecular flexibility index (Phi) is 2.93. The Morgan fingerprint density at radius 1 is 1.16 bits per heavy atom. The van der Waals surface area contributed by atoms with Crippen molar-refractivity contribution < 1.29 is 4.79 Å². The first kappa shape index (κ1) is 12.6. The van der Waals surface area contributed by atoms with Crippen LogP contribution in [0.15, 0.2) is 10.5 Å². The molecule has 0 spiro atoms. The van der Waals surface area contributed by atoms with E-state index in [1.807, 2.05) is 6.07 Å². The summed E-state index contributed by atoms with van der Waals surface area (Å²) in [4.78, 5) is 15.1. The molecule has 0 N–H and O–H groups in total. The highest BCUT2D eigenvalue weighted by Gasteiger charge is 2.50. The molecule has 0 saturated heterocycles. The van der Waals surface area contributed by atoms with Crippen molar-refractivity contribution in [3.05, 3.63) is 20.3 Å². The SMILES string of the molecule is Cc1sc(C(=O)C2C3CC4CC(C3)CC2C4)cc1Br. The van der Waals surface area contributed by atoms with Crippen LogP contribution < -0.4 is 0 Å². The fourth-order valence-electron chi connectivity index (χ4n) is 5.10. The van der Waals surface area contributed by atoms with Gasteiger partial charge in [0.2, 0.25) is 0 Å². The predicted octanol–water partition coefficient (Wildman–Crippen LogP) is 5.07. The van der Waals surface area contributed by atoms with Crippen molar-refractivity contribution in [2.45, 2.75) is 39.0 Å². The van der Waals surface area contributed by atoms with Crippen LogP contribution in [-0.2, 0) is 0 Å². The fraction of sp³-hybridized carbons (Fsp3) is 0.688. The Bertz CT molecular complexity index is 485. The number of aryl methyl sites for hydroxylation is 1. The molecular weight excluding hydrogens is 320 g/mol. The van der Waals surface area contributed by atoms with E-state index in [2.05, 4.69) is 22.9 Å². The number of ketones is 1. The zero-order chi connectivity index (χ0) is 13.1. The lowest BCUT2D eigenvalue weighted by molar-refractivity contribution is -0.0249. The van der Waals surface area contributed by atoms with Crippen LogP contribution in [0.5, 0.6) is 0 Å². The van der Waals surface area contributed by atoms with Crippen LogP contribution in [0.4, 0.5) is 0 Å². The lowest BCUT2D eigenvalue weighted by Crippen LogP contribution is -2.47. The fourth-order valence-corrected chi connectivity index (χ4v) is 6.62. The molecule has 1 aromatic heterocycles. The minimum Gasteiger partial charge on any atom is -0.293 e. The molecule has 4 fully saturated rings. The van der Waals surface area contributed by atoms with E-state index in [0.29, 0.717) is 23.5 Å². The predicted molar refractivity (Wildman–Crippen MR) is 81.6 cm³/mol. The molecule has 1 aromatic rings. The van der Waals surface area contributed by atoms with Crippen molar-refractivity contribution in [3.8, 4) is 0 Å². The van der Waals surface area contributed by atoms with Crippen LogP contribution in [0.2, 0.25) is 0 Å². The van der Waals surface area contributed by atoms with E-state index in [1.54, 1.807) is 11.3 Å². The summed E-state index contributed by atoms with van der Waals surface area (Å²) in [6.07, 6.45) is 6.77. The number of carbonyl (C=O) groups is 1. The number of Topliss-reactive ketones (excluding diaryl/α,β-unsaturated/α-hetero) is 1. The van der Waals surface area contributed by atoms with Gasteiger partial charge in [0.15, 0.2) is 5.78 Å². The molecule has 3 heteroatoms. The Balaban J connectivity index is 1.63. The highest BCUT2D eigenvalue weighted by atomic mass is 79.9. The van der Waals surface area contributed by atoms with Gasteiger partial charge in [0.1, 0.15) is 0 Å². The molecule has 0 radical (unpaired) electrons. The lowest BCUT2D eigenvalue weighted by atomic mass is 9.51. The minimum atomic E-state index is 0.345. The second-order valence-electron chi connectivity index (χ2n) is 6.84. The molecule has 0 atom stereocenters. The monoisotopic (exact) mass is 338 g/mol. The van der Waals surface area contributed by atoms with Gasteiger partial charge in [-0.15, -0.1) is 11.3 Å². The molecular formula is C16H19BrOS. The van der Waals surface area contributed by atoms with E-state index >= 15 is 0 Å². The Morgan fingerprint density at radius 3 is 2.21 bits per heavy atom. The molecule has 0 unspecified atom stereocenters. The maximum Gasteiger partial charge on any atom is 0.176 e. The maximum atomic E-state index is 12.9. The number of thiophene rings is 1. The van der Waals surface area contributed by atoms with E-state index in [4.69, 9.17) is 0 Å². The van der Waals surface area contributed by atoms with Crippen molar-refractivity contribution in [1.29, 1.82) is 0 Å². The van der Waals surface area contributed by atoms with Crippen molar-refractivity contribution in [3.63, 3.8) is 0 Å². The van der Waals surface area contributed by atoms with Crippen LogP contribution in [0.1, 0.15) is 46.7 Å². The third-order valence-corrected chi connectivity index (χ3v) is 7.78. The van der Waals surface area contributed by atoms with E-state index in [1.165, 1.54) is 37.0 Å². The quantitative estimate of drug-likeness (QED) is 0.687. The van der Waals surface area contributed by atoms with Crippen LogP contribution in [-0.4, -0.2) is 5.78 Å². The summed E-state index contributed by atoms with van der Waals surface area (Å²) in [5, 5.41) is 0. The first-order chi connectivity index (χ1) is 9.11. The average molecular weight is 339 g/mol. The summed E-state index contributed by atoms with van der Waals surface area (Å²) in [5.74, 6) is 4.09. The van der Waals surface area contributed by atoms with Crippen molar-refractivity contribution in [1.82, 2.24) is 0 Å². The average Bonchev–Trinajstić information content (AvgIpc) is 2.68. The molecule has 4 aliphatic rings. The van der Waals surface area contributed by atoms with Gasteiger partial charge in [-0.2, -0.15) is 0 Å². The van der Waals surface area contributed by atoms with Crippen LogP contribution in [0.3, 0.4) is 0 Å². The number of hydrogen-bond donors (Lipinski definition) is 0. The summed E-state index contributed by atoms with van der Waals surface area (Å²) < 4.78 is 1.10. The van der Waals surface area contributed by atoms with Crippen LogP contribution in [0.25, 0.3) is 0 Å². The Labute approximate surface area is 126 Å².